The van der Waals surface area contributed by atoms with E-state index in [1.54, 1.807) is 24.9 Å². The second-order valence-corrected chi connectivity index (χ2v) is 6.89. The van der Waals surface area contributed by atoms with Crippen LogP contribution in [0.4, 0.5) is 0 Å². The molecule has 0 radical (unpaired) electrons. The monoisotopic (exact) mass is 358 g/mol. The SMILES string of the molecule is COc1ccc([C@@H]2c3cc4c(cc3OC(=O)[C@H]2CSC)OCO4)cc1. The second kappa shape index (κ2) is 6.52. The first-order valence-corrected chi connectivity index (χ1v) is 9.38. The Morgan fingerprint density at radius 2 is 1.84 bits per heavy atom. The van der Waals surface area contributed by atoms with E-state index in [-0.39, 0.29) is 24.6 Å². The lowest BCUT2D eigenvalue weighted by atomic mass is 9.79. The summed E-state index contributed by atoms with van der Waals surface area (Å²) < 4.78 is 21.8. The lowest BCUT2D eigenvalue weighted by Gasteiger charge is -2.32. The van der Waals surface area contributed by atoms with Crippen molar-refractivity contribution in [1.29, 1.82) is 0 Å². The van der Waals surface area contributed by atoms with Gasteiger partial charge in [-0.1, -0.05) is 12.1 Å². The van der Waals surface area contributed by atoms with Crippen LogP contribution in [0, 0.1) is 5.92 Å². The molecule has 2 atom stereocenters. The Morgan fingerprint density at radius 3 is 2.52 bits per heavy atom. The summed E-state index contributed by atoms with van der Waals surface area (Å²) in [6.45, 7) is 0.188. The summed E-state index contributed by atoms with van der Waals surface area (Å²) in [6.07, 6.45) is 1.99. The summed E-state index contributed by atoms with van der Waals surface area (Å²) >= 11 is 1.64. The minimum atomic E-state index is -0.253. The second-order valence-electron chi connectivity index (χ2n) is 5.98. The van der Waals surface area contributed by atoms with Crippen molar-refractivity contribution in [3.63, 3.8) is 0 Å². The fraction of sp³-hybridized carbons (Fsp3) is 0.316. The molecule has 2 aromatic rings. The van der Waals surface area contributed by atoms with Crippen LogP contribution in [0.1, 0.15) is 17.0 Å². The van der Waals surface area contributed by atoms with E-state index in [1.807, 2.05) is 36.6 Å². The summed E-state index contributed by atoms with van der Waals surface area (Å²) in [4.78, 5) is 12.6. The molecule has 0 aromatic heterocycles. The van der Waals surface area contributed by atoms with Gasteiger partial charge in [0, 0.05) is 23.3 Å². The molecular weight excluding hydrogens is 340 g/mol. The Bertz CT molecular complexity index is 802. The standard InChI is InChI=1S/C19H18O5S/c1-21-12-5-3-11(4-6-12)18-13-7-16-17(23-10-22-16)8-15(13)24-19(20)14(18)9-25-2/h3-8,14,18H,9-10H2,1-2H3/t14-,18+/m0/s1. The van der Waals surface area contributed by atoms with Gasteiger partial charge in [-0.2, -0.15) is 11.8 Å². The maximum Gasteiger partial charge on any atom is 0.316 e. The number of benzene rings is 2. The minimum absolute atomic E-state index is 0.0934. The van der Waals surface area contributed by atoms with Gasteiger partial charge in [0.05, 0.1) is 13.0 Å². The molecule has 0 unspecified atom stereocenters. The van der Waals surface area contributed by atoms with Crippen LogP contribution in [0.5, 0.6) is 23.0 Å². The van der Waals surface area contributed by atoms with E-state index >= 15 is 0 Å². The lowest BCUT2D eigenvalue weighted by molar-refractivity contribution is -0.139. The maximum atomic E-state index is 12.6. The van der Waals surface area contributed by atoms with E-state index in [9.17, 15) is 4.79 Å². The van der Waals surface area contributed by atoms with E-state index in [1.165, 1.54) is 0 Å². The molecule has 0 saturated carbocycles. The maximum absolute atomic E-state index is 12.6. The number of carbonyl (C=O) groups is 1. The lowest BCUT2D eigenvalue weighted by Crippen LogP contribution is -2.34. The van der Waals surface area contributed by atoms with Crippen molar-refractivity contribution in [2.24, 2.45) is 5.92 Å². The van der Waals surface area contributed by atoms with Crippen molar-refractivity contribution in [2.45, 2.75) is 5.92 Å². The average Bonchev–Trinajstić information content (AvgIpc) is 3.08. The smallest absolute Gasteiger partial charge is 0.316 e. The van der Waals surface area contributed by atoms with Gasteiger partial charge >= 0.3 is 5.97 Å². The van der Waals surface area contributed by atoms with Crippen LogP contribution in [-0.2, 0) is 4.79 Å². The van der Waals surface area contributed by atoms with Crippen LogP contribution >= 0.6 is 11.8 Å². The van der Waals surface area contributed by atoms with E-state index < -0.39 is 0 Å². The Labute approximate surface area is 150 Å². The van der Waals surface area contributed by atoms with Gasteiger partial charge in [-0.15, -0.1) is 0 Å². The molecule has 0 aliphatic carbocycles. The normalized spacial score (nSPS) is 20.8. The zero-order valence-electron chi connectivity index (χ0n) is 14.0. The van der Waals surface area contributed by atoms with Gasteiger partial charge in [0.25, 0.3) is 0 Å². The Kier molecular flexibility index (Phi) is 4.21. The third-order valence-electron chi connectivity index (χ3n) is 4.58. The Hall–Kier alpha value is -2.34. The molecule has 6 heteroatoms. The van der Waals surface area contributed by atoms with Crippen LogP contribution in [0.2, 0.25) is 0 Å². The molecule has 0 bridgehead atoms. The zero-order valence-corrected chi connectivity index (χ0v) is 14.8. The van der Waals surface area contributed by atoms with Gasteiger partial charge in [-0.25, -0.2) is 0 Å². The highest BCUT2D eigenvalue weighted by Crippen LogP contribution is 2.48. The molecule has 4 rings (SSSR count). The van der Waals surface area contributed by atoms with Crippen molar-refractivity contribution in [3.8, 4) is 23.0 Å². The van der Waals surface area contributed by atoms with Gasteiger partial charge in [-0.05, 0) is 30.0 Å². The van der Waals surface area contributed by atoms with E-state index in [0.29, 0.717) is 23.0 Å². The number of thioether (sulfide) groups is 1. The number of ether oxygens (including phenoxy) is 4. The van der Waals surface area contributed by atoms with Gasteiger partial charge in [0.15, 0.2) is 11.5 Å². The molecule has 25 heavy (non-hydrogen) atoms. The number of hydrogen-bond acceptors (Lipinski definition) is 6. The summed E-state index contributed by atoms with van der Waals surface area (Å²) in [5, 5.41) is 0. The molecule has 0 N–H and O–H groups in total. The number of methoxy groups -OCH3 is 1. The fourth-order valence-electron chi connectivity index (χ4n) is 3.37. The summed E-state index contributed by atoms with van der Waals surface area (Å²) in [6, 6.07) is 11.5. The third-order valence-corrected chi connectivity index (χ3v) is 5.27. The topological polar surface area (TPSA) is 54.0 Å². The highest BCUT2D eigenvalue weighted by Gasteiger charge is 2.39. The van der Waals surface area contributed by atoms with Crippen LogP contribution in [-0.4, -0.2) is 31.9 Å². The summed E-state index contributed by atoms with van der Waals surface area (Å²) in [7, 11) is 1.64. The number of fused-ring (bicyclic) bond motifs is 2. The molecule has 2 aliphatic heterocycles. The van der Waals surface area contributed by atoms with E-state index in [0.717, 1.165) is 16.9 Å². The number of carbonyl (C=O) groups excluding carboxylic acids is 1. The summed E-state index contributed by atoms with van der Waals surface area (Å²) in [5.41, 5.74) is 2.00. The Morgan fingerprint density at radius 1 is 1.12 bits per heavy atom. The largest absolute Gasteiger partial charge is 0.497 e. The fourth-order valence-corrected chi connectivity index (χ4v) is 4.06. The molecule has 0 amide bonds. The molecule has 2 aromatic carbocycles. The van der Waals surface area contributed by atoms with Crippen molar-refractivity contribution >= 4 is 17.7 Å². The number of hydrogen-bond donors (Lipinski definition) is 0. The van der Waals surface area contributed by atoms with E-state index in [2.05, 4.69) is 0 Å². The van der Waals surface area contributed by atoms with Crippen molar-refractivity contribution < 1.29 is 23.7 Å². The molecule has 130 valence electrons. The van der Waals surface area contributed by atoms with Crippen LogP contribution in [0.15, 0.2) is 36.4 Å². The predicted molar refractivity (Wildman–Crippen MR) is 94.9 cm³/mol. The van der Waals surface area contributed by atoms with Gasteiger partial charge in [-0.3, -0.25) is 4.79 Å². The molecule has 5 nitrogen and oxygen atoms in total. The summed E-state index contributed by atoms with van der Waals surface area (Å²) in [5.74, 6) is 2.77. The highest BCUT2D eigenvalue weighted by atomic mass is 32.2. The van der Waals surface area contributed by atoms with Crippen molar-refractivity contribution in [3.05, 3.63) is 47.5 Å². The van der Waals surface area contributed by atoms with E-state index in [4.69, 9.17) is 18.9 Å². The zero-order chi connectivity index (χ0) is 17.4. The van der Waals surface area contributed by atoms with Crippen molar-refractivity contribution in [1.82, 2.24) is 0 Å². The molecule has 0 fully saturated rings. The first-order valence-electron chi connectivity index (χ1n) is 7.99. The predicted octanol–water partition coefficient (Wildman–Crippen LogP) is 3.45. The van der Waals surface area contributed by atoms with Crippen LogP contribution in [0.25, 0.3) is 0 Å². The number of esters is 1. The first kappa shape index (κ1) is 16.1. The van der Waals surface area contributed by atoms with Crippen LogP contribution < -0.4 is 18.9 Å². The molecule has 0 spiro atoms. The highest BCUT2D eigenvalue weighted by molar-refractivity contribution is 7.98. The van der Waals surface area contributed by atoms with Crippen LogP contribution in [0.3, 0.4) is 0 Å². The molecule has 0 saturated heterocycles. The minimum Gasteiger partial charge on any atom is -0.497 e. The molecular formula is C19H18O5S. The van der Waals surface area contributed by atoms with Crippen molar-refractivity contribution in [2.75, 3.05) is 25.9 Å². The average molecular weight is 358 g/mol. The first-order chi connectivity index (χ1) is 12.2. The van der Waals surface area contributed by atoms with Gasteiger partial charge in [0.2, 0.25) is 6.79 Å². The molecule has 2 heterocycles. The number of rotatable bonds is 4. The van der Waals surface area contributed by atoms with Gasteiger partial charge < -0.3 is 18.9 Å². The quantitative estimate of drug-likeness (QED) is 0.616. The molecule has 2 aliphatic rings. The third kappa shape index (κ3) is 2.80. The Balaban J connectivity index is 1.83. The van der Waals surface area contributed by atoms with Gasteiger partial charge in [0.1, 0.15) is 11.5 Å².